The molecule has 0 saturated carbocycles. The fourth-order valence-corrected chi connectivity index (χ4v) is 2.30. The molecule has 88 valence electrons. The van der Waals surface area contributed by atoms with Gasteiger partial charge in [0.05, 0.1) is 0 Å². The van der Waals surface area contributed by atoms with Gasteiger partial charge in [-0.3, -0.25) is 4.79 Å². The van der Waals surface area contributed by atoms with E-state index in [2.05, 4.69) is 6.92 Å². The molecule has 0 aliphatic carbocycles. The Balaban J connectivity index is 2.57. The molecule has 16 heavy (non-hydrogen) atoms. The van der Waals surface area contributed by atoms with E-state index in [0.29, 0.717) is 10.5 Å². The summed E-state index contributed by atoms with van der Waals surface area (Å²) in [6.45, 7) is 3.59. The fraction of sp³-hybridized carbons (Fsp3) is 0.462. The van der Waals surface area contributed by atoms with E-state index in [1.54, 1.807) is 12.1 Å². The van der Waals surface area contributed by atoms with Gasteiger partial charge in [-0.05, 0) is 31.2 Å². The van der Waals surface area contributed by atoms with E-state index in [1.165, 1.54) is 37.6 Å². The zero-order valence-corrected chi connectivity index (χ0v) is 10.6. The quantitative estimate of drug-likeness (QED) is 0.418. The number of carbonyl (C=O) groups excluding carboxylic acids is 1. The maximum absolute atomic E-state index is 13.5. The van der Waals surface area contributed by atoms with Crippen LogP contribution >= 0.6 is 11.8 Å². The van der Waals surface area contributed by atoms with E-state index in [1.807, 2.05) is 0 Å². The molecule has 0 unspecified atom stereocenters. The van der Waals surface area contributed by atoms with Crippen LogP contribution in [0.4, 0.5) is 4.39 Å². The van der Waals surface area contributed by atoms with Gasteiger partial charge in [0.2, 0.25) is 0 Å². The number of hydrogen-bond acceptors (Lipinski definition) is 2. The summed E-state index contributed by atoms with van der Waals surface area (Å²) in [5, 5.41) is 0. The summed E-state index contributed by atoms with van der Waals surface area (Å²) in [5.74, 6) is 0.556. The minimum Gasteiger partial charge on any atom is -0.295 e. The number of Topliss-reactive ketones (excluding diaryl/α,β-unsaturated/α-hetero) is 1. The van der Waals surface area contributed by atoms with E-state index < -0.39 is 0 Å². The molecule has 0 N–H and O–H groups in total. The van der Waals surface area contributed by atoms with Crippen LogP contribution in [0.25, 0.3) is 0 Å². The Morgan fingerprint density at radius 1 is 1.38 bits per heavy atom. The minimum absolute atomic E-state index is 0.0959. The molecule has 0 aliphatic rings. The second kappa shape index (κ2) is 6.69. The van der Waals surface area contributed by atoms with Crippen LogP contribution in [0.2, 0.25) is 0 Å². The maximum atomic E-state index is 13.5. The van der Waals surface area contributed by atoms with Crippen molar-refractivity contribution in [1.82, 2.24) is 0 Å². The normalized spacial score (nSPS) is 10.4. The lowest BCUT2D eigenvalue weighted by atomic mass is 10.1. The van der Waals surface area contributed by atoms with Crippen molar-refractivity contribution in [2.75, 3.05) is 5.75 Å². The van der Waals surface area contributed by atoms with Crippen LogP contribution in [0.15, 0.2) is 23.1 Å². The SMILES string of the molecule is CCCCCSc1ccc(C(C)=O)cc1F. The van der Waals surface area contributed by atoms with Crippen molar-refractivity contribution >= 4 is 17.5 Å². The molecular formula is C13H17FOS. The minimum atomic E-state index is -0.283. The lowest BCUT2D eigenvalue weighted by Crippen LogP contribution is -1.94. The second-order valence-corrected chi connectivity index (χ2v) is 4.89. The molecule has 3 heteroatoms. The molecule has 0 aliphatic heterocycles. The Hall–Kier alpha value is -0.830. The van der Waals surface area contributed by atoms with Crippen LogP contribution in [0.1, 0.15) is 43.5 Å². The van der Waals surface area contributed by atoms with Crippen molar-refractivity contribution in [3.05, 3.63) is 29.6 Å². The first-order valence-electron chi connectivity index (χ1n) is 5.58. The van der Waals surface area contributed by atoms with Crippen molar-refractivity contribution in [3.63, 3.8) is 0 Å². The molecule has 0 saturated heterocycles. The fourth-order valence-electron chi connectivity index (χ4n) is 1.37. The number of rotatable bonds is 6. The Morgan fingerprint density at radius 3 is 2.69 bits per heavy atom. The van der Waals surface area contributed by atoms with Gasteiger partial charge in [0.25, 0.3) is 0 Å². The zero-order valence-electron chi connectivity index (χ0n) is 9.75. The Kier molecular flexibility index (Phi) is 5.53. The summed E-state index contributed by atoms with van der Waals surface area (Å²) < 4.78 is 13.5. The van der Waals surface area contributed by atoms with Gasteiger partial charge >= 0.3 is 0 Å². The Morgan fingerprint density at radius 2 is 2.12 bits per heavy atom. The molecule has 0 fully saturated rings. The Bertz CT molecular complexity index is 363. The monoisotopic (exact) mass is 240 g/mol. The highest BCUT2D eigenvalue weighted by Crippen LogP contribution is 2.24. The van der Waals surface area contributed by atoms with E-state index in [9.17, 15) is 9.18 Å². The number of halogens is 1. The van der Waals surface area contributed by atoms with Crippen molar-refractivity contribution in [3.8, 4) is 0 Å². The number of hydrogen-bond donors (Lipinski definition) is 0. The third-order valence-corrected chi connectivity index (χ3v) is 3.48. The first kappa shape index (κ1) is 13.2. The number of thioether (sulfide) groups is 1. The van der Waals surface area contributed by atoms with Crippen molar-refractivity contribution < 1.29 is 9.18 Å². The van der Waals surface area contributed by atoms with Crippen LogP contribution in [0.3, 0.4) is 0 Å². The number of benzene rings is 1. The number of carbonyl (C=O) groups is 1. The predicted octanol–water partition coefficient (Wildman–Crippen LogP) is 4.31. The molecule has 1 rings (SSSR count). The molecule has 1 aromatic carbocycles. The summed E-state index contributed by atoms with van der Waals surface area (Å²) in [4.78, 5) is 11.7. The highest BCUT2D eigenvalue weighted by molar-refractivity contribution is 7.99. The van der Waals surface area contributed by atoms with Gasteiger partial charge in [-0.15, -0.1) is 11.8 Å². The molecule has 0 amide bonds. The molecule has 0 aromatic heterocycles. The van der Waals surface area contributed by atoms with E-state index >= 15 is 0 Å². The Labute approximate surface area is 100 Å². The van der Waals surface area contributed by atoms with Gasteiger partial charge in [-0.1, -0.05) is 25.8 Å². The summed E-state index contributed by atoms with van der Waals surface area (Å²) in [6, 6.07) is 4.71. The lowest BCUT2D eigenvalue weighted by Gasteiger charge is -2.04. The first-order valence-corrected chi connectivity index (χ1v) is 6.57. The third kappa shape index (κ3) is 3.97. The molecule has 0 spiro atoms. The third-order valence-electron chi connectivity index (χ3n) is 2.34. The highest BCUT2D eigenvalue weighted by Gasteiger charge is 2.06. The summed E-state index contributed by atoms with van der Waals surface area (Å²) >= 11 is 1.52. The number of ketones is 1. The van der Waals surface area contributed by atoms with Crippen molar-refractivity contribution in [1.29, 1.82) is 0 Å². The van der Waals surface area contributed by atoms with Crippen molar-refractivity contribution in [2.45, 2.75) is 38.0 Å². The van der Waals surface area contributed by atoms with Gasteiger partial charge in [0, 0.05) is 10.5 Å². The van der Waals surface area contributed by atoms with Gasteiger partial charge in [0.15, 0.2) is 5.78 Å². The van der Waals surface area contributed by atoms with Crippen LogP contribution in [0, 0.1) is 5.82 Å². The van der Waals surface area contributed by atoms with Crippen molar-refractivity contribution in [2.24, 2.45) is 0 Å². The average molecular weight is 240 g/mol. The number of unbranched alkanes of at least 4 members (excludes halogenated alkanes) is 2. The van der Waals surface area contributed by atoms with E-state index in [0.717, 1.165) is 12.2 Å². The second-order valence-electron chi connectivity index (χ2n) is 3.76. The topological polar surface area (TPSA) is 17.1 Å². The molecular weight excluding hydrogens is 223 g/mol. The van der Waals surface area contributed by atoms with Gasteiger partial charge in [-0.2, -0.15) is 0 Å². The first-order chi connectivity index (χ1) is 7.65. The van der Waals surface area contributed by atoms with Crippen LogP contribution < -0.4 is 0 Å². The van der Waals surface area contributed by atoms with Gasteiger partial charge in [-0.25, -0.2) is 4.39 Å². The van der Waals surface area contributed by atoms with Crippen LogP contribution in [-0.2, 0) is 0 Å². The van der Waals surface area contributed by atoms with E-state index in [4.69, 9.17) is 0 Å². The molecule has 1 aromatic rings. The highest BCUT2D eigenvalue weighted by atomic mass is 32.2. The smallest absolute Gasteiger partial charge is 0.159 e. The van der Waals surface area contributed by atoms with Gasteiger partial charge < -0.3 is 0 Å². The van der Waals surface area contributed by atoms with Gasteiger partial charge in [0.1, 0.15) is 5.82 Å². The summed E-state index contributed by atoms with van der Waals surface area (Å²) in [6.07, 6.45) is 3.46. The van der Waals surface area contributed by atoms with E-state index in [-0.39, 0.29) is 11.6 Å². The van der Waals surface area contributed by atoms with Crippen LogP contribution in [0.5, 0.6) is 0 Å². The standard InChI is InChI=1S/C13H17FOS/c1-3-4-5-8-16-13-7-6-11(10(2)15)9-12(13)14/h6-7,9H,3-5,8H2,1-2H3. The van der Waals surface area contributed by atoms with Crippen LogP contribution in [-0.4, -0.2) is 11.5 Å². The average Bonchev–Trinajstić information content (AvgIpc) is 2.26. The predicted molar refractivity (Wildman–Crippen MR) is 66.7 cm³/mol. The molecule has 1 nitrogen and oxygen atoms in total. The largest absolute Gasteiger partial charge is 0.295 e. The summed E-state index contributed by atoms with van der Waals surface area (Å²) in [5.41, 5.74) is 0.440. The molecule has 0 bridgehead atoms. The summed E-state index contributed by atoms with van der Waals surface area (Å²) in [7, 11) is 0. The molecule has 0 atom stereocenters. The maximum Gasteiger partial charge on any atom is 0.159 e. The molecule has 0 radical (unpaired) electrons. The zero-order chi connectivity index (χ0) is 12.0. The lowest BCUT2D eigenvalue weighted by molar-refractivity contribution is 0.101. The molecule has 0 heterocycles.